The third-order valence-electron chi connectivity index (χ3n) is 0.728. The van der Waals surface area contributed by atoms with Crippen LogP contribution in [0.15, 0.2) is 18.7 Å². The second-order valence-electron chi connectivity index (χ2n) is 1.54. The number of nitrogens with zero attached hydrogens (tertiary/aromatic N) is 1. The van der Waals surface area contributed by atoms with Crippen molar-refractivity contribution < 1.29 is 0 Å². The summed E-state index contributed by atoms with van der Waals surface area (Å²) in [5.41, 5.74) is 5.12. The van der Waals surface area contributed by atoms with Gasteiger partial charge in [-0.1, -0.05) is 0 Å². The first-order valence-corrected chi connectivity index (χ1v) is 4.43. The van der Waals surface area contributed by atoms with Crippen LogP contribution in [0.25, 0.3) is 0 Å². The molecule has 0 spiro atoms. The van der Waals surface area contributed by atoms with E-state index in [4.69, 9.17) is 5.73 Å². The number of aromatic nitrogens is 2. The monoisotopic (exact) mass is 159 g/mol. The maximum atomic E-state index is 5.12. The molecule has 0 aromatic carbocycles. The number of rotatable bonds is 2. The molecule has 0 aliphatic carbocycles. The minimum absolute atomic E-state index is 0.807. The maximum absolute atomic E-state index is 5.12. The van der Waals surface area contributed by atoms with Crippen molar-refractivity contribution in [1.29, 1.82) is 0 Å². The Balaban J connectivity index is 0.000000162. The lowest BCUT2D eigenvalue weighted by atomic mass is 10.8. The van der Waals surface area contributed by atoms with E-state index in [2.05, 4.69) is 9.97 Å². The number of nitrogens with one attached hydrogen (secondary N) is 1. The zero-order chi connectivity index (χ0) is 7.66. The summed E-state index contributed by atoms with van der Waals surface area (Å²) in [5, 5.41) is 0. The molecule has 58 valence electrons. The lowest BCUT2D eigenvalue weighted by Gasteiger charge is -1.80. The van der Waals surface area contributed by atoms with Crippen molar-refractivity contribution in [3.8, 4) is 0 Å². The van der Waals surface area contributed by atoms with Crippen LogP contribution in [0.3, 0.4) is 0 Å². The van der Waals surface area contributed by atoms with Gasteiger partial charge < -0.3 is 10.7 Å². The lowest BCUT2D eigenvalue weighted by molar-refractivity contribution is 1.15. The summed E-state index contributed by atoms with van der Waals surface area (Å²) in [7, 11) is 0. The van der Waals surface area contributed by atoms with Crippen molar-refractivity contribution in [3.05, 3.63) is 18.7 Å². The molecule has 0 aliphatic heterocycles. The topological polar surface area (TPSA) is 54.7 Å². The summed E-state index contributed by atoms with van der Waals surface area (Å²) in [6.45, 7) is 0.807. The Morgan fingerprint density at radius 2 is 2.50 bits per heavy atom. The zero-order valence-corrected chi connectivity index (χ0v) is 6.90. The molecule has 10 heavy (non-hydrogen) atoms. The summed E-state index contributed by atoms with van der Waals surface area (Å²) in [4.78, 5) is 6.42. The van der Waals surface area contributed by atoms with Crippen molar-refractivity contribution in [1.82, 2.24) is 9.97 Å². The molecule has 0 fully saturated rings. The second kappa shape index (κ2) is 8.52. The molecule has 0 aliphatic rings. The molecule has 0 amide bonds. The van der Waals surface area contributed by atoms with Gasteiger partial charge >= 0.3 is 0 Å². The van der Waals surface area contributed by atoms with Crippen molar-refractivity contribution in [3.63, 3.8) is 0 Å². The molecule has 0 saturated heterocycles. The molecule has 3 N–H and O–H groups in total. The highest BCUT2D eigenvalue weighted by atomic mass is 32.2. The van der Waals surface area contributed by atoms with Gasteiger partial charge in [-0.15, -0.1) is 0 Å². The average Bonchev–Trinajstić information content (AvgIpc) is 2.44. The smallest absolute Gasteiger partial charge is 0.0919 e. The van der Waals surface area contributed by atoms with Crippen LogP contribution in [0.4, 0.5) is 0 Å². The van der Waals surface area contributed by atoms with Gasteiger partial charge in [0.15, 0.2) is 0 Å². The third-order valence-corrected chi connectivity index (χ3v) is 1.37. The summed E-state index contributed by atoms with van der Waals surface area (Å²) in [5.74, 6) is 1.08. The van der Waals surface area contributed by atoms with E-state index in [1.54, 1.807) is 30.5 Å². The molecule has 1 rings (SSSR count). The van der Waals surface area contributed by atoms with Gasteiger partial charge in [-0.05, 0) is 6.26 Å². The number of H-pyrrole nitrogens is 1. The molecule has 0 bridgehead atoms. The molecule has 1 aromatic heterocycles. The van der Waals surface area contributed by atoms with Crippen LogP contribution < -0.4 is 5.73 Å². The average molecular weight is 159 g/mol. The highest BCUT2D eigenvalue weighted by Crippen LogP contribution is 1.83. The van der Waals surface area contributed by atoms with Crippen molar-refractivity contribution in [2.45, 2.75) is 0 Å². The molecule has 3 nitrogen and oxygen atoms in total. The number of thioether (sulfide) groups is 1. The number of hydrogen-bond acceptors (Lipinski definition) is 3. The van der Waals surface area contributed by atoms with Gasteiger partial charge in [0.25, 0.3) is 0 Å². The van der Waals surface area contributed by atoms with Gasteiger partial charge in [-0.3, -0.25) is 0 Å². The quantitative estimate of drug-likeness (QED) is 0.668. The van der Waals surface area contributed by atoms with Gasteiger partial charge in [0.05, 0.1) is 6.33 Å². The summed E-state index contributed by atoms with van der Waals surface area (Å²) in [6, 6.07) is 0. The molecule has 0 unspecified atom stereocenters. The molecule has 0 saturated carbocycles. The van der Waals surface area contributed by atoms with Crippen LogP contribution in [0, 0.1) is 0 Å². The van der Waals surface area contributed by atoms with Crippen LogP contribution >= 0.6 is 11.8 Å². The molecule has 4 heteroatoms. The Labute approximate surface area is 65.4 Å². The fourth-order valence-electron chi connectivity index (χ4n) is 0.333. The number of hydrogen-bond donors (Lipinski definition) is 2. The fraction of sp³-hybridized carbons (Fsp3) is 0.500. The van der Waals surface area contributed by atoms with Crippen molar-refractivity contribution in [2.75, 3.05) is 18.6 Å². The lowest BCUT2D eigenvalue weighted by Crippen LogP contribution is -1.99. The van der Waals surface area contributed by atoms with Crippen LogP contribution in [-0.2, 0) is 0 Å². The van der Waals surface area contributed by atoms with Gasteiger partial charge in [0, 0.05) is 24.7 Å². The van der Waals surface area contributed by atoms with Crippen LogP contribution in [0.1, 0.15) is 0 Å². The van der Waals surface area contributed by atoms with E-state index in [0.717, 1.165) is 12.3 Å². The van der Waals surface area contributed by atoms with Crippen molar-refractivity contribution in [2.24, 2.45) is 5.73 Å². The minimum Gasteiger partial charge on any atom is -0.351 e. The molecule has 1 heterocycles. The highest BCUT2D eigenvalue weighted by Gasteiger charge is 1.67. The van der Waals surface area contributed by atoms with Gasteiger partial charge in [0.2, 0.25) is 0 Å². The molecule has 0 radical (unpaired) electrons. The van der Waals surface area contributed by atoms with Crippen LogP contribution in [-0.4, -0.2) is 28.5 Å². The van der Waals surface area contributed by atoms with E-state index in [1.807, 2.05) is 6.26 Å². The van der Waals surface area contributed by atoms with E-state index in [9.17, 15) is 0 Å². The largest absolute Gasteiger partial charge is 0.351 e. The first-order chi connectivity index (χ1) is 4.91. The molecule has 0 atom stereocenters. The van der Waals surface area contributed by atoms with Crippen LogP contribution in [0.5, 0.6) is 0 Å². The predicted octanol–water partition coefficient (Wildman–Crippen LogP) is 0.718. The minimum atomic E-state index is 0.807. The Hall–Kier alpha value is -0.480. The van der Waals surface area contributed by atoms with E-state index in [1.165, 1.54) is 0 Å². The standard InChI is InChI=1S/C3H4N2.C3H9NS/c1-2-5-3-4-1;1-5-3-2-4/h1-3H,(H,4,5);2-4H2,1H3. The first kappa shape index (κ1) is 9.52. The number of nitrogens with two attached hydrogens (primary N) is 1. The molecule has 1 aromatic rings. The summed E-state index contributed by atoms with van der Waals surface area (Å²) >= 11 is 1.78. The van der Waals surface area contributed by atoms with Gasteiger partial charge in [-0.2, -0.15) is 11.8 Å². The van der Waals surface area contributed by atoms with E-state index in [0.29, 0.717) is 0 Å². The normalized spacial score (nSPS) is 8.20. The van der Waals surface area contributed by atoms with Crippen molar-refractivity contribution >= 4 is 11.8 Å². The van der Waals surface area contributed by atoms with E-state index in [-0.39, 0.29) is 0 Å². The Bertz CT molecular complexity index is 99.3. The Morgan fingerprint density at radius 1 is 1.70 bits per heavy atom. The van der Waals surface area contributed by atoms with Gasteiger partial charge in [0.1, 0.15) is 0 Å². The number of aromatic amines is 1. The predicted molar refractivity (Wildman–Crippen MR) is 46.0 cm³/mol. The summed E-state index contributed by atoms with van der Waals surface area (Å²) in [6.07, 6.45) is 7.13. The Morgan fingerprint density at radius 3 is 2.60 bits per heavy atom. The number of imidazole rings is 1. The zero-order valence-electron chi connectivity index (χ0n) is 6.08. The summed E-state index contributed by atoms with van der Waals surface area (Å²) < 4.78 is 0. The van der Waals surface area contributed by atoms with Gasteiger partial charge in [-0.25, -0.2) is 4.98 Å². The van der Waals surface area contributed by atoms with Crippen LogP contribution in [0.2, 0.25) is 0 Å². The SMILES string of the molecule is CSCCN.c1c[nH]cn1. The molecular weight excluding hydrogens is 146 g/mol. The molecular formula is C6H13N3S. The Kier molecular flexibility index (Phi) is 8.11. The maximum Gasteiger partial charge on any atom is 0.0919 e. The van der Waals surface area contributed by atoms with E-state index >= 15 is 0 Å². The van der Waals surface area contributed by atoms with E-state index < -0.39 is 0 Å². The highest BCUT2D eigenvalue weighted by molar-refractivity contribution is 7.98. The fourth-order valence-corrected chi connectivity index (χ4v) is 0.569. The second-order valence-corrected chi connectivity index (χ2v) is 2.53. The first-order valence-electron chi connectivity index (χ1n) is 3.03. The third kappa shape index (κ3) is 7.52.